The Balaban J connectivity index is 1.42. The molecule has 4 rings (SSSR count). The number of anilines is 1. The fourth-order valence-corrected chi connectivity index (χ4v) is 3.40. The molecule has 4 aromatic rings. The van der Waals surface area contributed by atoms with Crippen LogP contribution in [0.25, 0.3) is 22.2 Å². The van der Waals surface area contributed by atoms with Gasteiger partial charge in [-0.2, -0.15) is 11.3 Å². The van der Waals surface area contributed by atoms with Gasteiger partial charge in [0, 0.05) is 36.5 Å². The van der Waals surface area contributed by atoms with Crippen molar-refractivity contribution in [2.24, 2.45) is 0 Å². The van der Waals surface area contributed by atoms with Gasteiger partial charge in [-0.25, -0.2) is 0 Å². The second-order valence-corrected chi connectivity index (χ2v) is 6.78. The lowest BCUT2D eigenvalue weighted by Crippen LogP contribution is -2.26. The molecule has 1 amide bonds. The van der Waals surface area contributed by atoms with Crippen LogP contribution in [0.3, 0.4) is 0 Å². The van der Waals surface area contributed by atoms with E-state index in [4.69, 9.17) is 4.42 Å². The molecule has 2 heterocycles. The summed E-state index contributed by atoms with van der Waals surface area (Å²) in [4.78, 5) is 14.2. The zero-order valence-corrected chi connectivity index (χ0v) is 15.1. The molecule has 0 N–H and O–H groups in total. The summed E-state index contributed by atoms with van der Waals surface area (Å²) in [6.45, 7) is 0. The fraction of sp³-hybridized carbons (Fsp3) is 0.150. The van der Waals surface area contributed by atoms with E-state index in [9.17, 15) is 4.79 Å². The first kappa shape index (κ1) is 16.5. The van der Waals surface area contributed by atoms with Crippen LogP contribution in [0, 0.1) is 0 Å². The molecule has 0 aliphatic heterocycles. The van der Waals surface area contributed by atoms with Gasteiger partial charge < -0.3 is 9.32 Å². The van der Waals surface area contributed by atoms with Crippen LogP contribution >= 0.6 is 11.3 Å². The molecule has 2 aromatic carbocycles. The number of rotatable bonds is 5. The zero-order chi connectivity index (χ0) is 17.9. The maximum atomic E-state index is 12.5. The molecule has 0 aliphatic carbocycles. The third-order valence-electron chi connectivity index (χ3n) is 4.28. The Hall–Kier alpha value is -2.99. The summed E-state index contributed by atoms with van der Waals surface area (Å²) in [6, 6.07) is 16.0. The van der Waals surface area contributed by atoms with Gasteiger partial charge in [0.2, 0.25) is 17.7 Å². The lowest BCUT2D eigenvalue weighted by atomic mass is 10.1. The SMILES string of the molecule is CN(C(=O)CCc1nnc(-c2ccsc2)o1)c1ccc2ccccc2c1. The average molecular weight is 363 g/mol. The van der Waals surface area contributed by atoms with Crippen molar-refractivity contribution in [1.82, 2.24) is 10.2 Å². The van der Waals surface area contributed by atoms with E-state index in [1.54, 1.807) is 23.3 Å². The molecule has 0 aliphatic rings. The van der Waals surface area contributed by atoms with Gasteiger partial charge >= 0.3 is 0 Å². The molecule has 0 saturated carbocycles. The highest BCUT2D eigenvalue weighted by Gasteiger charge is 2.14. The van der Waals surface area contributed by atoms with Crippen molar-refractivity contribution in [2.45, 2.75) is 12.8 Å². The Labute approximate surface area is 154 Å². The van der Waals surface area contributed by atoms with Crippen molar-refractivity contribution in [3.63, 3.8) is 0 Å². The third-order valence-corrected chi connectivity index (χ3v) is 4.97. The van der Waals surface area contributed by atoms with Gasteiger partial charge in [0.25, 0.3) is 0 Å². The van der Waals surface area contributed by atoms with Crippen LogP contribution in [-0.2, 0) is 11.2 Å². The summed E-state index contributed by atoms with van der Waals surface area (Å²) >= 11 is 1.58. The Morgan fingerprint density at radius 2 is 1.96 bits per heavy atom. The Bertz CT molecular complexity index is 1040. The van der Waals surface area contributed by atoms with E-state index in [2.05, 4.69) is 16.3 Å². The van der Waals surface area contributed by atoms with E-state index in [1.807, 2.05) is 53.2 Å². The van der Waals surface area contributed by atoms with Gasteiger partial charge in [-0.15, -0.1) is 10.2 Å². The highest BCUT2D eigenvalue weighted by molar-refractivity contribution is 7.08. The molecule has 0 unspecified atom stereocenters. The van der Waals surface area contributed by atoms with E-state index in [-0.39, 0.29) is 5.91 Å². The summed E-state index contributed by atoms with van der Waals surface area (Å²) in [5.74, 6) is 0.985. The summed E-state index contributed by atoms with van der Waals surface area (Å²) in [7, 11) is 1.79. The molecule has 0 fully saturated rings. The lowest BCUT2D eigenvalue weighted by molar-refractivity contribution is -0.118. The number of nitrogens with zero attached hydrogens (tertiary/aromatic N) is 3. The number of hydrogen-bond donors (Lipinski definition) is 0. The summed E-state index contributed by atoms with van der Waals surface area (Å²) < 4.78 is 5.64. The van der Waals surface area contributed by atoms with Crippen LogP contribution in [0.2, 0.25) is 0 Å². The molecule has 0 radical (unpaired) electrons. The summed E-state index contributed by atoms with van der Waals surface area (Å²) in [5.41, 5.74) is 1.78. The number of amides is 1. The zero-order valence-electron chi connectivity index (χ0n) is 14.3. The van der Waals surface area contributed by atoms with Crippen LogP contribution in [0.15, 0.2) is 63.7 Å². The van der Waals surface area contributed by atoms with Crippen molar-refractivity contribution < 1.29 is 9.21 Å². The molecule has 6 heteroatoms. The molecular weight excluding hydrogens is 346 g/mol. The number of fused-ring (bicyclic) bond motifs is 1. The Kier molecular flexibility index (Phi) is 4.50. The highest BCUT2D eigenvalue weighted by Crippen LogP contribution is 2.23. The van der Waals surface area contributed by atoms with Crippen LogP contribution in [0.5, 0.6) is 0 Å². The van der Waals surface area contributed by atoms with Gasteiger partial charge in [0.05, 0.1) is 0 Å². The molecule has 0 bridgehead atoms. The monoisotopic (exact) mass is 363 g/mol. The molecule has 0 atom stereocenters. The van der Waals surface area contributed by atoms with Crippen molar-refractivity contribution >= 4 is 33.7 Å². The largest absolute Gasteiger partial charge is 0.421 e. The van der Waals surface area contributed by atoms with E-state index in [0.29, 0.717) is 24.6 Å². The maximum absolute atomic E-state index is 12.5. The van der Waals surface area contributed by atoms with E-state index >= 15 is 0 Å². The van der Waals surface area contributed by atoms with E-state index < -0.39 is 0 Å². The van der Waals surface area contributed by atoms with Crippen LogP contribution < -0.4 is 4.90 Å². The predicted octanol–water partition coefficient (Wildman–Crippen LogP) is 4.55. The Morgan fingerprint density at radius 3 is 2.77 bits per heavy atom. The number of benzene rings is 2. The maximum Gasteiger partial charge on any atom is 0.248 e. The van der Waals surface area contributed by atoms with E-state index in [0.717, 1.165) is 22.0 Å². The summed E-state index contributed by atoms with van der Waals surface area (Å²) in [6.07, 6.45) is 0.739. The van der Waals surface area contributed by atoms with Crippen molar-refractivity contribution in [2.75, 3.05) is 11.9 Å². The first-order chi connectivity index (χ1) is 12.7. The van der Waals surface area contributed by atoms with Gasteiger partial charge in [0.15, 0.2) is 0 Å². The third kappa shape index (κ3) is 3.36. The van der Waals surface area contributed by atoms with Crippen molar-refractivity contribution in [1.29, 1.82) is 0 Å². The number of hydrogen-bond acceptors (Lipinski definition) is 5. The molecular formula is C20H17N3O2S. The van der Waals surface area contributed by atoms with E-state index in [1.165, 1.54) is 0 Å². The van der Waals surface area contributed by atoms with Crippen LogP contribution in [0.1, 0.15) is 12.3 Å². The fourth-order valence-electron chi connectivity index (χ4n) is 2.77. The lowest BCUT2D eigenvalue weighted by Gasteiger charge is -2.17. The number of aromatic nitrogens is 2. The van der Waals surface area contributed by atoms with Crippen molar-refractivity contribution in [3.8, 4) is 11.5 Å². The molecule has 0 saturated heterocycles. The molecule has 130 valence electrons. The number of thiophene rings is 1. The molecule has 2 aromatic heterocycles. The topological polar surface area (TPSA) is 59.2 Å². The van der Waals surface area contributed by atoms with Gasteiger partial charge in [-0.1, -0.05) is 30.3 Å². The van der Waals surface area contributed by atoms with Crippen LogP contribution in [-0.4, -0.2) is 23.2 Å². The quantitative estimate of drug-likeness (QED) is 0.522. The van der Waals surface area contributed by atoms with Gasteiger partial charge in [-0.05, 0) is 34.4 Å². The molecule has 0 spiro atoms. The highest BCUT2D eigenvalue weighted by atomic mass is 32.1. The smallest absolute Gasteiger partial charge is 0.248 e. The van der Waals surface area contributed by atoms with Crippen molar-refractivity contribution in [3.05, 3.63) is 65.2 Å². The minimum Gasteiger partial charge on any atom is -0.421 e. The van der Waals surface area contributed by atoms with Crippen LogP contribution in [0.4, 0.5) is 5.69 Å². The van der Waals surface area contributed by atoms with Gasteiger partial charge in [0.1, 0.15) is 0 Å². The average Bonchev–Trinajstić information content (AvgIpc) is 3.36. The number of carbonyl (C=O) groups excluding carboxylic acids is 1. The second-order valence-electron chi connectivity index (χ2n) is 6.00. The molecule has 5 nitrogen and oxygen atoms in total. The number of carbonyl (C=O) groups is 1. The second kappa shape index (κ2) is 7.09. The molecule has 26 heavy (non-hydrogen) atoms. The minimum absolute atomic E-state index is 0.00978. The normalized spacial score (nSPS) is 11.0. The Morgan fingerprint density at radius 1 is 1.12 bits per heavy atom. The standard InChI is InChI=1S/C20H17N3O2S/c1-23(17-7-6-14-4-2-3-5-15(14)12-17)19(24)9-8-18-21-22-20(25-18)16-10-11-26-13-16/h2-7,10-13H,8-9H2,1H3. The summed E-state index contributed by atoms with van der Waals surface area (Å²) in [5, 5.41) is 14.3. The minimum atomic E-state index is 0.00978. The first-order valence-electron chi connectivity index (χ1n) is 8.31. The van der Waals surface area contributed by atoms with Gasteiger partial charge in [-0.3, -0.25) is 4.79 Å². The number of aryl methyl sites for hydroxylation is 1. The predicted molar refractivity (Wildman–Crippen MR) is 103 cm³/mol. The first-order valence-corrected chi connectivity index (χ1v) is 9.25.